The van der Waals surface area contributed by atoms with Gasteiger partial charge in [0, 0.05) is 25.8 Å². The van der Waals surface area contributed by atoms with Gasteiger partial charge in [0.15, 0.2) is 0 Å². The van der Waals surface area contributed by atoms with E-state index in [0.717, 1.165) is 43.6 Å². The van der Waals surface area contributed by atoms with Crippen molar-refractivity contribution in [2.75, 3.05) is 19.7 Å². The maximum Gasteiger partial charge on any atom is 0.328 e. The van der Waals surface area contributed by atoms with Crippen LogP contribution in [0.15, 0.2) is 30.3 Å². The van der Waals surface area contributed by atoms with E-state index in [0.29, 0.717) is 5.92 Å². The number of carbonyl (C=O) groups is 1. The van der Waals surface area contributed by atoms with E-state index in [-0.39, 0.29) is 6.61 Å². The van der Waals surface area contributed by atoms with Gasteiger partial charge in [0.05, 0.1) is 0 Å². The van der Waals surface area contributed by atoms with E-state index in [2.05, 4.69) is 4.90 Å². The van der Waals surface area contributed by atoms with Crippen LogP contribution in [0, 0.1) is 5.92 Å². The average Bonchev–Trinajstić information content (AvgIpc) is 2.46. The van der Waals surface area contributed by atoms with Gasteiger partial charge in [-0.2, -0.15) is 0 Å². The molecular weight excluding hydrogens is 254 g/mol. The molecule has 1 aromatic rings. The zero-order chi connectivity index (χ0) is 14.4. The molecule has 0 aromatic heterocycles. The number of aliphatic hydroxyl groups excluding tert-OH is 1. The highest BCUT2D eigenvalue weighted by Gasteiger charge is 2.19. The fourth-order valence-corrected chi connectivity index (χ4v) is 2.69. The first-order valence-electron chi connectivity index (χ1n) is 7.01. The second-order valence-electron chi connectivity index (χ2n) is 5.30. The van der Waals surface area contributed by atoms with Crippen LogP contribution in [0.1, 0.15) is 24.0 Å². The molecule has 2 N–H and O–H groups in total. The highest BCUT2D eigenvalue weighted by molar-refractivity contribution is 5.85. The van der Waals surface area contributed by atoms with Crippen LogP contribution < -0.4 is 0 Å². The van der Waals surface area contributed by atoms with Crippen LogP contribution in [0.4, 0.5) is 0 Å². The number of rotatable bonds is 5. The van der Waals surface area contributed by atoms with Crippen molar-refractivity contribution in [3.63, 3.8) is 0 Å². The molecule has 0 amide bonds. The summed E-state index contributed by atoms with van der Waals surface area (Å²) in [5.41, 5.74) is 2.07. The lowest BCUT2D eigenvalue weighted by Gasteiger charge is -2.32. The van der Waals surface area contributed by atoms with Gasteiger partial charge >= 0.3 is 5.97 Å². The number of nitrogens with zero attached hydrogens (tertiary/aromatic N) is 1. The summed E-state index contributed by atoms with van der Waals surface area (Å²) in [7, 11) is 0. The molecule has 0 radical (unpaired) electrons. The van der Waals surface area contributed by atoms with E-state index in [4.69, 9.17) is 5.11 Å². The Bertz CT molecular complexity index is 484. The number of aliphatic carboxylic acids is 1. The summed E-state index contributed by atoms with van der Waals surface area (Å²) in [5.74, 6) is -0.566. The lowest BCUT2D eigenvalue weighted by Crippen LogP contribution is -2.36. The van der Waals surface area contributed by atoms with Crippen molar-refractivity contribution in [1.82, 2.24) is 4.90 Å². The van der Waals surface area contributed by atoms with E-state index in [1.165, 1.54) is 6.08 Å². The summed E-state index contributed by atoms with van der Waals surface area (Å²) in [5, 5.41) is 18.0. The van der Waals surface area contributed by atoms with Crippen LogP contribution in [0.25, 0.3) is 6.08 Å². The van der Waals surface area contributed by atoms with Crippen LogP contribution in [0.5, 0.6) is 0 Å². The largest absolute Gasteiger partial charge is 0.478 e. The molecule has 2 rings (SSSR count). The predicted molar refractivity (Wildman–Crippen MR) is 78.2 cm³/mol. The zero-order valence-electron chi connectivity index (χ0n) is 11.5. The molecule has 1 fully saturated rings. The molecule has 0 saturated carbocycles. The van der Waals surface area contributed by atoms with Crippen molar-refractivity contribution in [1.29, 1.82) is 0 Å². The first-order valence-corrected chi connectivity index (χ1v) is 7.01. The van der Waals surface area contributed by atoms with E-state index in [1.807, 2.05) is 24.3 Å². The molecule has 108 valence electrons. The number of piperidine rings is 1. The predicted octanol–water partition coefficient (Wildman–Crippen LogP) is 1.99. The second kappa shape index (κ2) is 7.22. The minimum atomic E-state index is -0.932. The first kappa shape index (κ1) is 14.8. The monoisotopic (exact) mass is 275 g/mol. The number of hydrogen-bond donors (Lipinski definition) is 2. The number of carboxylic acid groups (broad SMARTS) is 1. The Morgan fingerprint density at radius 1 is 1.40 bits per heavy atom. The van der Waals surface area contributed by atoms with Gasteiger partial charge in [-0.3, -0.25) is 4.90 Å². The van der Waals surface area contributed by atoms with E-state index < -0.39 is 5.97 Å². The van der Waals surface area contributed by atoms with Crippen LogP contribution in [-0.2, 0) is 11.3 Å². The van der Waals surface area contributed by atoms with Crippen molar-refractivity contribution in [3.05, 3.63) is 41.5 Å². The fourth-order valence-electron chi connectivity index (χ4n) is 2.69. The third kappa shape index (κ3) is 4.18. The van der Waals surface area contributed by atoms with E-state index in [9.17, 15) is 9.90 Å². The molecule has 4 heteroatoms. The topological polar surface area (TPSA) is 60.8 Å². The quantitative estimate of drug-likeness (QED) is 0.807. The van der Waals surface area contributed by atoms with Gasteiger partial charge < -0.3 is 10.2 Å². The molecule has 0 spiro atoms. The molecule has 1 aliphatic rings. The summed E-state index contributed by atoms with van der Waals surface area (Å²) in [6.07, 6.45) is 5.02. The molecule has 1 unspecified atom stereocenters. The van der Waals surface area contributed by atoms with Crippen molar-refractivity contribution >= 4 is 12.0 Å². The normalized spacial score (nSPS) is 20.4. The van der Waals surface area contributed by atoms with Crippen molar-refractivity contribution < 1.29 is 15.0 Å². The third-order valence-electron chi connectivity index (χ3n) is 3.72. The molecule has 1 aromatic carbocycles. The maximum atomic E-state index is 10.6. The SMILES string of the molecule is O=C(O)C=Cc1ccccc1CN1CCCC(CO)C1. The van der Waals surface area contributed by atoms with Crippen LogP contribution in [0.3, 0.4) is 0 Å². The van der Waals surface area contributed by atoms with Gasteiger partial charge in [0.1, 0.15) is 0 Å². The van der Waals surface area contributed by atoms with Crippen molar-refractivity contribution in [3.8, 4) is 0 Å². The standard InChI is InChI=1S/C16H21NO3/c18-12-13-4-3-9-17(10-13)11-15-6-2-1-5-14(15)7-8-16(19)20/h1-2,5-8,13,18H,3-4,9-12H2,(H,19,20). The van der Waals surface area contributed by atoms with E-state index in [1.54, 1.807) is 6.08 Å². The molecule has 0 aliphatic carbocycles. The molecule has 1 aliphatic heterocycles. The van der Waals surface area contributed by atoms with Gasteiger partial charge in [-0.25, -0.2) is 4.79 Å². The molecule has 0 bridgehead atoms. The summed E-state index contributed by atoms with van der Waals surface area (Å²) >= 11 is 0. The highest BCUT2D eigenvalue weighted by Crippen LogP contribution is 2.20. The zero-order valence-corrected chi connectivity index (χ0v) is 11.5. The smallest absolute Gasteiger partial charge is 0.328 e. The highest BCUT2D eigenvalue weighted by atomic mass is 16.4. The Labute approximate surface area is 119 Å². The lowest BCUT2D eigenvalue weighted by molar-refractivity contribution is -0.131. The van der Waals surface area contributed by atoms with Crippen LogP contribution >= 0.6 is 0 Å². The summed E-state index contributed by atoms with van der Waals surface area (Å²) in [6.45, 7) is 2.99. The Kier molecular flexibility index (Phi) is 5.32. The minimum Gasteiger partial charge on any atom is -0.478 e. The average molecular weight is 275 g/mol. The molecule has 20 heavy (non-hydrogen) atoms. The maximum absolute atomic E-state index is 10.6. The summed E-state index contributed by atoms with van der Waals surface area (Å²) in [4.78, 5) is 13.0. The first-order chi connectivity index (χ1) is 9.69. The summed E-state index contributed by atoms with van der Waals surface area (Å²) < 4.78 is 0. The Hall–Kier alpha value is -1.65. The van der Waals surface area contributed by atoms with Gasteiger partial charge in [-0.05, 0) is 42.5 Å². The molecule has 1 atom stereocenters. The molecule has 1 heterocycles. The number of aliphatic hydroxyl groups is 1. The number of carboxylic acids is 1. The number of likely N-dealkylation sites (tertiary alicyclic amines) is 1. The Morgan fingerprint density at radius 2 is 2.20 bits per heavy atom. The molecule has 1 saturated heterocycles. The number of benzene rings is 1. The van der Waals surface area contributed by atoms with Gasteiger partial charge in [-0.15, -0.1) is 0 Å². The fraction of sp³-hybridized carbons (Fsp3) is 0.438. The van der Waals surface area contributed by atoms with Gasteiger partial charge in [0.2, 0.25) is 0 Å². The molecular formula is C16H21NO3. The lowest BCUT2D eigenvalue weighted by atomic mass is 9.98. The second-order valence-corrected chi connectivity index (χ2v) is 5.30. The minimum absolute atomic E-state index is 0.247. The van der Waals surface area contributed by atoms with Gasteiger partial charge in [-0.1, -0.05) is 24.3 Å². The Morgan fingerprint density at radius 3 is 2.95 bits per heavy atom. The third-order valence-corrected chi connectivity index (χ3v) is 3.72. The molecule has 4 nitrogen and oxygen atoms in total. The number of hydrogen-bond acceptors (Lipinski definition) is 3. The Balaban J connectivity index is 2.07. The van der Waals surface area contributed by atoms with Crippen LogP contribution in [0.2, 0.25) is 0 Å². The van der Waals surface area contributed by atoms with Gasteiger partial charge in [0.25, 0.3) is 0 Å². The summed E-state index contributed by atoms with van der Waals surface area (Å²) in [6, 6.07) is 7.85. The van der Waals surface area contributed by atoms with Crippen LogP contribution in [-0.4, -0.2) is 40.8 Å². The van der Waals surface area contributed by atoms with E-state index >= 15 is 0 Å². The van der Waals surface area contributed by atoms with Crippen molar-refractivity contribution in [2.24, 2.45) is 5.92 Å². The van der Waals surface area contributed by atoms with Crippen molar-refractivity contribution in [2.45, 2.75) is 19.4 Å².